The fraction of sp³-hybridized carbons (Fsp3) is 0.648. The third-order valence-corrected chi connectivity index (χ3v) is 9.82. The van der Waals surface area contributed by atoms with Crippen molar-refractivity contribution in [2.75, 3.05) is 13.2 Å². The van der Waals surface area contributed by atoms with E-state index in [1.807, 2.05) is 12.2 Å². The van der Waals surface area contributed by atoms with E-state index in [1.54, 1.807) is 0 Å². The maximum atomic E-state index is 12.7. The standard InChI is InChI=1S/C54H88O6/c1-4-7-10-13-16-19-22-25-26-27-30-32-35-38-41-44-47-53(56)59-50-51(60-54(57)48-45-42-39-36-33-29-24-21-18-15-12-9-6-3)49-58-52(55)46-43-40-37-34-31-28-23-20-17-14-11-8-5-2/h8-9,11-12,17-18,20-21,26-29,31,33,39,42,51H,4-7,10,13-16,19,22-25,30,32,34-38,40-41,43-50H2,1-3H3/b11-8-,12-9-,20-17-,21-18-,27-26-,31-28-,33-29-,42-39-. The Morgan fingerprint density at radius 3 is 1.12 bits per heavy atom. The van der Waals surface area contributed by atoms with Crippen molar-refractivity contribution in [1.29, 1.82) is 0 Å². The first-order chi connectivity index (χ1) is 29.5. The van der Waals surface area contributed by atoms with E-state index in [9.17, 15) is 14.4 Å². The lowest BCUT2D eigenvalue weighted by molar-refractivity contribution is -0.166. The predicted octanol–water partition coefficient (Wildman–Crippen LogP) is 15.8. The van der Waals surface area contributed by atoms with Gasteiger partial charge in [0, 0.05) is 19.3 Å². The van der Waals surface area contributed by atoms with Crippen molar-refractivity contribution < 1.29 is 28.6 Å². The zero-order valence-electron chi connectivity index (χ0n) is 38.7. The van der Waals surface area contributed by atoms with Crippen molar-refractivity contribution in [3.8, 4) is 0 Å². The van der Waals surface area contributed by atoms with Crippen LogP contribution >= 0.6 is 0 Å². The number of hydrogen-bond donors (Lipinski definition) is 0. The Balaban J connectivity index is 4.52. The maximum Gasteiger partial charge on any atom is 0.306 e. The minimum Gasteiger partial charge on any atom is -0.462 e. The van der Waals surface area contributed by atoms with Gasteiger partial charge in [0.05, 0.1) is 0 Å². The van der Waals surface area contributed by atoms with Crippen LogP contribution in [0.3, 0.4) is 0 Å². The minimum absolute atomic E-state index is 0.121. The molecule has 0 saturated carbocycles. The molecule has 0 aliphatic rings. The van der Waals surface area contributed by atoms with Gasteiger partial charge in [0.2, 0.25) is 0 Å². The molecule has 0 aliphatic heterocycles. The molecule has 0 heterocycles. The van der Waals surface area contributed by atoms with Gasteiger partial charge in [0.1, 0.15) is 13.2 Å². The molecule has 0 aromatic rings. The second kappa shape index (κ2) is 48.0. The van der Waals surface area contributed by atoms with Gasteiger partial charge in [0.25, 0.3) is 0 Å². The van der Waals surface area contributed by atoms with Crippen molar-refractivity contribution in [3.63, 3.8) is 0 Å². The van der Waals surface area contributed by atoms with Gasteiger partial charge >= 0.3 is 17.9 Å². The van der Waals surface area contributed by atoms with Crippen LogP contribution in [-0.2, 0) is 28.6 Å². The Kier molecular flexibility index (Phi) is 45.1. The summed E-state index contributed by atoms with van der Waals surface area (Å²) in [4.78, 5) is 37.8. The molecule has 0 radical (unpaired) electrons. The Morgan fingerprint density at radius 1 is 0.350 bits per heavy atom. The second-order valence-corrected chi connectivity index (χ2v) is 15.6. The number of rotatable bonds is 42. The molecule has 0 aliphatic carbocycles. The molecule has 0 saturated heterocycles. The highest BCUT2D eigenvalue weighted by molar-refractivity contribution is 5.71. The van der Waals surface area contributed by atoms with Crippen molar-refractivity contribution in [2.24, 2.45) is 0 Å². The number of unbranched alkanes of at least 4 members (excludes halogenated alkanes) is 15. The molecule has 0 aromatic heterocycles. The molecule has 0 aromatic carbocycles. The molecule has 340 valence electrons. The van der Waals surface area contributed by atoms with Crippen LogP contribution in [0.15, 0.2) is 97.2 Å². The van der Waals surface area contributed by atoms with E-state index in [2.05, 4.69) is 106 Å². The molecule has 0 fully saturated rings. The van der Waals surface area contributed by atoms with Crippen molar-refractivity contribution >= 4 is 17.9 Å². The number of carbonyl (C=O) groups excluding carboxylic acids is 3. The summed E-state index contributed by atoms with van der Waals surface area (Å²) in [6.07, 6.45) is 62.6. The highest BCUT2D eigenvalue weighted by atomic mass is 16.6. The van der Waals surface area contributed by atoms with E-state index in [4.69, 9.17) is 14.2 Å². The van der Waals surface area contributed by atoms with Crippen LogP contribution in [0.4, 0.5) is 0 Å². The molecule has 1 atom stereocenters. The number of allylic oxidation sites excluding steroid dienone is 16. The minimum atomic E-state index is -0.830. The molecule has 0 bridgehead atoms. The Hall–Kier alpha value is -3.67. The molecule has 0 spiro atoms. The zero-order valence-corrected chi connectivity index (χ0v) is 38.7. The van der Waals surface area contributed by atoms with Crippen LogP contribution in [0.5, 0.6) is 0 Å². The van der Waals surface area contributed by atoms with Crippen LogP contribution in [0, 0.1) is 0 Å². The molecule has 6 heteroatoms. The average molecular weight is 833 g/mol. The third-order valence-electron chi connectivity index (χ3n) is 9.82. The topological polar surface area (TPSA) is 78.9 Å². The Labute approximate surface area is 368 Å². The molecule has 60 heavy (non-hydrogen) atoms. The van der Waals surface area contributed by atoms with Gasteiger partial charge in [-0.3, -0.25) is 14.4 Å². The first-order valence-corrected chi connectivity index (χ1v) is 24.2. The highest BCUT2D eigenvalue weighted by Gasteiger charge is 2.19. The van der Waals surface area contributed by atoms with Gasteiger partial charge in [-0.05, 0) is 103 Å². The maximum absolute atomic E-state index is 12.7. The first kappa shape index (κ1) is 56.3. The van der Waals surface area contributed by atoms with Crippen LogP contribution in [0.25, 0.3) is 0 Å². The van der Waals surface area contributed by atoms with Gasteiger partial charge in [-0.15, -0.1) is 0 Å². The van der Waals surface area contributed by atoms with Crippen LogP contribution in [0.2, 0.25) is 0 Å². The molecular weight excluding hydrogens is 745 g/mol. The summed E-state index contributed by atoms with van der Waals surface area (Å²) in [6, 6.07) is 0. The summed E-state index contributed by atoms with van der Waals surface area (Å²) in [5.74, 6) is -1.05. The summed E-state index contributed by atoms with van der Waals surface area (Å²) in [5, 5.41) is 0. The summed E-state index contributed by atoms with van der Waals surface area (Å²) >= 11 is 0. The van der Waals surface area contributed by atoms with Crippen LogP contribution in [0.1, 0.15) is 207 Å². The van der Waals surface area contributed by atoms with E-state index in [0.29, 0.717) is 19.3 Å². The lowest BCUT2D eigenvalue weighted by Crippen LogP contribution is -2.30. The quantitative estimate of drug-likeness (QED) is 0.0264. The fourth-order valence-corrected chi connectivity index (χ4v) is 6.23. The van der Waals surface area contributed by atoms with Crippen LogP contribution in [-0.4, -0.2) is 37.2 Å². The second-order valence-electron chi connectivity index (χ2n) is 15.6. The van der Waals surface area contributed by atoms with Crippen LogP contribution < -0.4 is 0 Å². The Bertz CT molecular complexity index is 1230. The smallest absolute Gasteiger partial charge is 0.306 e. The largest absolute Gasteiger partial charge is 0.462 e. The van der Waals surface area contributed by atoms with E-state index >= 15 is 0 Å². The van der Waals surface area contributed by atoms with Gasteiger partial charge in [-0.2, -0.15) is 0 Å². The van der Waals surface area contributed by atoms with Crippen molar-refractivity contribution in [2.45, 2.75) is 213 Å². The third kappa shape index (κ3) is 45.4. The fourth-order valence-electron chi connectivity index (χ4n) is 6.23. The van der Waals surface area contributed by atoms with Gasteiger partial charge in [-0.25, -0.2) is 0 Å². The van der Waals surface area contributed by atoms with Crippen molar-refractivity contribution in [3.05, 3.63) is 97.2 Å². The molecular formula is C54H88O6. The SMILES string of the molecule is CC/C=C\C/C=C\C/C=C\C/C=C\CCC(=O)OC(COC(=O)CCCCC/C=C\C/C=C\C/C=C\CC)COC(=O)CCCCCCC/C=C\CCCCCCCCC. The van der Waals surface area contributed by atoms with E-state index in [0.717, 1.165) is 103 Å². The summed E-state index contributed by atoms with van der Waals surface area (Å²) < 4.78 is 16.6. The molecule has 0 rings (SSSR count). The zero-order chi connectivity index (χ0) is 43.7. The van der Waals surface area contributed by atoms with Gasteiger partial charge < -0.3 is 14.2 Å². The number of ether oxygens (including phenoxy) is 3. The normalized spacial score (nSPS) is 12.9. The summed E-state index contributed by atoms with van der Waals surface area (Å²) in [5.41, 5.74) is 0. The number of hydrogen-bond acceptors (Lipinski definition) is 6. The number of esters is 3. The molecule has 1 unspecified atom stereocenters. The van der Waals surface area contributed by atoms with Crippen molar-refractivity contribution in [1.82, 2.24) is 0 Å². The van der Waals surface area contributed by atoms with Gasteiger partial charge in [-0.1, -0.05) is 182 Å². The first-order valence-electron chi connectivity index (χ1n) is 24.2. The highest BCUT2D eigenvalue weighted by Crippen LogP contribution is 2.12. The monoisotopic (exact) mass is 833 g/mol. The van der Waals surface area contributed by atoms with E-state index in [-0.39, 0.29) is 31.6 Å². The summed E-state index contributed by atoms with van der Waals surface area (Å²) in [6.45, 7) is 6.29. The molecule has 0 amide bonds. The molecule has 0 N–H and O–H groups in total. The lowest BCUT2D eigenvalue weighted by Gasteiger charge is -2.18. The van der Waals surface area contributed by atoms with E-state index in [1.165, 1.54) is 57.8 Å². The summed E-state index contributed by atoms with van der Waals surface area (Å²) in [7, 11) is 0. The lowest BCUT2D eigenvalue weighted by atomic mass is 10.1. The van der Waals surface area contributed by atoms with Gasteiger partial charge in [0.15, 0.2) is 6.10 Å². The number of carbonyl (C=O) groups is 3. The molecule has 6 nitrogen and oxygen atoms in total. The predicted molar refractivity (Wildman–Crippen MR) is 256 cm³/mol. The Morgan fingerprint density at radius 2 is 0.683 bits per heavy atom. The van der Waals surface area contributed by atoms with E-state index < -0.39 is 12.1 Å². The average Bonchev–Trinajstić information content (AvgIpc) is 3.24.